The van der Waals surface area contributed by atoms with Crippen LogP contribution in [0.5, 0.6) is 0 Å². The van der Waals surface area contributed by atoms with Crippen LogP contribution in [0.25, 0.3) is 0 Å². The third-order valence-electron chi connectivity index (χ3n) is 1.91. The van der Waals surface area contributed by atoms with Crippen molar-refractivity contribution >= 4 is 0 Å². The molecule has 0 atom stereocenters. The zero-order valence-corrected chi connectivity index (χ0v) is 8.42. The van der Waals surface area contributed by atoms with Gasteiger partial charge < -0.3 is 15.2 Å². The van der Waals surface area contributed by atoms with Crippen molar-refractivity contribution in [2.75, 3.05) is 26.4 Å². The fourth-order valence-electron chi connectivity index (χ4n) is 1.09. The molecule has 0 unspecified atom stereocenters. The van der Waals surface area contributed by atoms with Gasteiger partial charge in [0.2, 0.25) is 0 Å². The number of rotatable bonds is 7. The van der Waals surface area contributed by atoms with Crippen molar-refractivity contribution in [3.05, 3.63) is 17.5 Å². The van der Waals surface area contributed by atoms with Crippen LogP contribution in [0.4, 0.5) is 0 Å². The van der Waals surface area contributed by atoms with Gasteiger partial charge in [-0.15, -0.1) is 0 Å². The van der Waals surface area contributed by atoms with Gasteiger partial charge in [0, 0.05) is 24.3 Å². The number of ether oxygens (including phenoxy) is 1. The van der Waals surface area contributed by atoms with Gasteiger partial charge in [-0.25, -0.2) is 0 Å². The van der Waals surface area contributed by atoms with Gasteiger partial charge in [0.1, 0.15) is 0 Å². The Hall–Kier alpha value is -0.910. The Morgan fingerprint density at radius 2 is 2.43 bits per heavy atom. The van der Waals surface area contributed by atoms with Crippen LogP contribution in [-0.4, -0.2) is 41.7 Å². The zero-order chi connectivity index (χ0) is 10.2. The topological polar surface area (TPSA) is 70.2 Å². The fourth-order valence-corrected chi connectivity index (χ4v) is 1.09. The summed E-state index contributed by atoms with van der Waals surface area (Å²) in [4.78, 5) is 0. The maximum Gasteiger partial charge on any atom is 0.0698 e. The molecule has 1 rings (SSSR count). The molecule has 5 nitrogen and oxygen atoms in total. The first-order valence-corrected chi connectivity index (χ1v) is 4.72. The van der Waals surface area contributed by atoms with Gasteiger partial charge >= 0.3 is 0 Å². The molecule has 0 saturated carbocycles. The number of aliphatic hydroxyl groups excluding tert-OH is 1. The molecule has 80 valence electrons. The van der Waals surface area contributed by atoms with Crippen molar-refractivity contribution in [2.45, 2.75) is 13.5 Å². The van der Waals surface area contributed by atoms with Crippen LogP contribution in [0.3, 0.4) is 0 Å². The van der Waals surface area contributed by atoms with E-state index in [0.717, 1.165) is 18.8 Å². The molecule has 1 aromatic heterocycles. The second kappa shape index (κ2) is 6.53. The van der Waals surface area contributed by atoms with Crippen LogP contribution in [0, 0.1) is 6.92 Å². The maximum absolute atomic E-state index is 8.45. The average Bonchev–Trinajstić information content (AvgIpc) is 2.58. The lowest BCUT2D eigenvalue weighted by Crippen LogP contribution is -2.20. The molecule has 0 spiro atoms. The minimum absolute atomic E-state index is 0.0842. The van der Waals surface area contributed by atoms with Gasteiger partial charge in [0.15, 0.2) is 0 Å². The first kappa shape index (κ1) is 11.2. The van der Waals surface area contributed by atoms with Gasteiger partial charge in [0.05, 0.1) is 26.0 Å². The molecule has 3 N–H and O–H groups in total. The summed E-state index contributed by atoms with van der Waals surface area (Å²) in [5, 5.41) is 18.5. The fraction of sp³-hybridized carbons (Fsp3) is 0.667. The van der Waals surface area contributed by atoms with E-state index in [1.807, 2.05) is 13.1 Å². The number of H-pyrrole nitrogens is 1. The van der Waals surface area contributed by atoms with Crippen molar-refractivity contribution in [3.8, 4) is 0 Å². The highest BCUT2D eigenvalue weighted by Gasteiger charge is 1.98. The Labute approximate surface area is 83.5 Å². The number of aliphatic hydroxyl groups is 1. The normalized spacial score (nSPS) is 10.7. The zero-order valence-electron chi connectivity index (χ0n) is 8.42. The summed E-state index contributed by atoms with van der Waals surface area (Å²) in [7, 11) is 0. The number of aromatic nitrogens is 2. The van der Waals surface area contributed by atoms with Crippen LogP contribution >= 0.6 is 0 Å². The van der Waals surface area contributed by atoms with Crippen molar-refractivity contribution in [2.24, 2.45) is 0 Å². The highest BCUT2D eigenvalue weighted by atomic mass is 16.5. The third kappa shape index (κ3) is 3.87. The average molecular weight is 199 g/mol. The molecular weight excluding hydrogens is 182 g/mol. The van der Waals surface area contributed by atoms with Crippen LogP contribution in [0.1, 0.15) is 11.3 Å². The summed E-state index contributed by atoms with van der Waals surface area (Å²) >= 11 is 0. The van der Waals surface area contributed by atoms with E-state index in [-0.39, 0.29) is 6.61 Å². The number of aromatic amines is 1. The first-order valence-electron chi connectivity index (χ1n) is 4.72. The van der Waals surface area contributed by atoms with E-state index in [0.29, 0.717) is 13.2 Å². The Morgan fingerprint density at radius 1 is 1.57 bits per heavy atom. The molecule has 0 aromatic carbocycles. The monoisotopic (exact) mass is 199 g/mol. The van der Waals surface area contributed by atoms with E-state index >= 15 is 0 Å². The van der Waals surface area contributed by atoms with Crippen molar-refractivity contribution in [3.63, 3.8) is 0 Å². The molecule has 0 radical (unpaired) electrons. The summed E-state index contributed by atoms with van der Waals surface area (Å²) in [6.07, 6.45) is 1.82. The second-order valence-electron chi connectivity index (χ2n) is 3.03. The highest BCUT2D eigenvalue weighted by Crippen LogP contribution is 2.00. The number of hydrogen-bond acceptors (Lipinski definition) is 4. The minimum atomic E-state index is 0.0842. The Morgan fingerprint density at radius 3 is 3.07 bits per heavy atom. The molecule has 0 fully saturated rings. The van der Waals surface area contributed by atoms with E-state index in [1.165, 1.54) is 5.56 Å². The lowest BCUT2D eigenvalue weighted by Gasteiger charge is -2.04. The van der Waals surface area contributed by atoms with E-state index in [9.17, 15) is 0 Å². The van der Waals surface area contributed by atoms with Crippen molar-refractivity contribution < 1.29 is 9.84 Å². The van der Waals surface area contributed by atoms with Gasteiger partial charge in [-0.3, -0.25) is 5.10 Å². The predicted molar refractivity (Wildman–Crippen MR) is 52.9 cm³/mol. The Bertz CT molecular complexity index is 250. The molecule has 5 heteroatoms. The molecule has 0 amide bonds. The SMILES string of the molecule is Cc1[nH]ncc1CNCCOCCO. The quantitative estimate of drug-likeness (QED) is 0.533. The summed E-state index contributed by atoms with van der Waals surface area (Å²) in [6, 6.07) is 0. The third-order valence-corrected chi connectivity index (χ3v) is 1.91. The van der Waals surface area contributed by atoms with E-state index < -0.39 is 0 Å². The largest absolute Gasteiger partial charge is 0.394 e. The summed E-state index contributed by atoms with van der Waals surface area (Å²) in [6.45, 7) is 4.69. The minimum Gasteiger partial charge on any atom is -0.394 e. The van der Waals surface area contributed by atoms with Crippen LogP contribution < -0.4 is 5.32 Å². The molecular formula is C9H17N3O2. The Balaban J connectivity index is 2.02. The lowest BCUT2D eigenvalue weighted by molar-refractivity contribution is 0.0938. The molecule has 1 heterocycles. The second-order valence-corrected chi connectivity index (χ2v) is 3.03. The van der Waals surface area contributed by atoms with E-state index in [1.54, 1.807) is 0 Å². The number of nitrogens with one attached hydrogen (secondary N) is 2. The summed E-state index contributed by atoms with van der Waals surface area (Å²) in [5.41, 5.74) is 2.26. The Kier molecular flexibility index (Phi) is 5.21. The van der Waals surface area contributed by atoms with E-state index in [2.05, 4.69) is 15.5 Å². The smallest absolute Gasteiger partial charge is 0.0698 e. The van der Waals surface area contributed by atoms with Crippen LogP contribution in [0.2, 0.25) is 0 Å². The molecule has 0 saturated heterocycles. The standard InChI is InChI=1S/C9H17N3O2/c1-8-9(7-11-12-8)6-10-2-4-14-5-3-13/h7,10,13H,2-6H2,1H3,(H,11,12). The van der Waals surface area contributed by atoms with Gasteiger partial charge in [-0.1, -0.05) is 0 Å². The van der Waals surface area contributed by atoms with Crippen LogP contribution in [0.15, 0.2) is 6.20 Å². The summed E-state index contributed by atoms with van der Waals surface area (Å²) in [5.74, 6) is 0. The van der Waals surface area contributed by atoms with E-state index in [4.69, 9.17) is 9.84 Å². The molecule has 14 heavy (non-hydrogen) atoms. The van der Waals surface area contributed by atoms with Crippen molar-refractivity contribution in [1.29, 1.82) is 0 Å². The number of hydrogen-bond donors (Lipinski definition) is 3. The number of nitrogens with zero attached hydrogens (tertiary/aromatic N) is 1. The molecule has 1 aromatic rings. The lowest BCUT2D eigenvalue weighted by atomic mass is 10.3. The molecule has 0 aliphatic heterocycles. The number of aryl methyl sites for hydroxylation is 1. The van der Waals surface area contributed by atoms with Gasteiger partial charge in [0.25, 0.3) is 0 Å². The van der Waals surface area contributed by atoms with Crippen molar-refractivity contribution in [1.82, 2.24) is 15.5 Å². The van der Waals surface area contributed by atoms with Gasteiger partial charge in [-0.05, 0) is 6.92 Å². The molecule has 0 aliphatic rings. The predicted octanol–water partition coefficient (Wildman–Crippen LogP) is -0.183. The molecule has 0 aliphatic carbocycles. The maximum atomic E-state index is 8.45. The summed E-state index contributed by atoms with van der Waals surface area (Å²) < 4.78 is 5.10. The molecule has 0 bridgehead atoms. The van der Waals surface area contributed by atoms with Gasteiger partial charge in [-0.2, -0.15) is 5.10 Å². The highest BCUT2D eigenvalue weighted by molar-refractivity contribution is 5.13. The first-order chi connectivity index (χ1) is 6.84. The van der Waals surface area contributed by atoms with Crippen LogP contribution in [-0.2, 0) is 11.3 Å².